The average molecular weight is 250 g/mol. The number of hydrogen-bond donors (Lipinski definition) is 1. The van der Waals surface area contributed by atoms with Crippen LogP contribution in [0.1, 0.15) is 24.8 Å². The van der Waals surface area contributed by atoms with Crippen LogP contribution >= 0.6 is 0 Å². The first kappa shape index (κ1) is 13.5. The van der Waals surface area contributed by atoms with Crippen LogP contribution in [0.15, 0.2) is 24.5 Å². The molecule has 0 radical (unpaired) electrons. The molecule has 1 unspecified atom stereocenters. The molecule has 0 bridgehead atoms. The van der Waals surface area contributed by atoms with Gasteiger partial charge in [0.1, 0.15) is 0 Å². The zero-order valence-electron chi connectivity index (χ0n) is 10.8. The Morgan fingerprint density at radius 2 is 2.39 bits per heavy atom. The third kappa shape index (κ3) is 4.37. The van der Waals surface area contributed by atoms with Crippen molar-refractivity contribution in [3.05, 3.63) is 30.1 Å². The van der Waals surface area contributed by atoms with Gasteiger partial charge in [0.05, 0.1) is 12.7 Å². The van der Waals surface area contributed by atoms with Crippen molar-refractivity contribution >= 4 is 0 Å². The number of pyridine rings is 1. The van der Waals surface area contributed by atoms with Gasteiger partial charge in [-0.2, -0.15) is 0 Å². The molecule has 18 heavy (non-hydrogen) atoms. The summed E-state index contributed by atoms with van der Waals surface area (Å²) in [6.07, 6.45) is 7.55. The minimum atomic E-state index is 0.187. The van der Waals surface area contributed by atoms with Gasteiger partial charge in [-0.25, -0.2) is 0 Å². The van der Waals surface area contributed by atoms with E-state index in [0.29, 0.717) is 12.6 Å². The fourth-order valence-corrected chi connectivity index (χ4v) is 2.37. The molecule has 100 valence electrons. The van der Waals surface area contributed by atoms with E-state index in [1.54, 1.807) is 6.20 Å². The lowest BCUT2D eigenvalue weighted by Gasteiger charge is -2.29. The van der Waals surface area contributed by atoms with E-state index >= 15 is 0 Å². The highest BCUT2D eigenvalue weighted by molar-refractivity contribution is 5.08. The maximum atomic E-state index is 9.15. The van der Waals surface area contributed by atoms with Gasteiger partial charge in [0.2, 0.25) is 0 Å². The molecule has 0 aliphatic carbocycles. The highest BCUT2D eigenvalue weighted by Crippen LogP contribution is 2.15. The number of nitrogens with zero attached hydrogens (tertiary/aromatic N) is 2. The Morgan fingerprint density at radius 1 is 1.44 bits per heavy atom. The Hall–Kier alpha value is -0.970. The molecule has 1 aromatic rings. The lowest BCUT2D eigenvalue weighted by Crippen LogP contribution is -2.37. The van der Waals surface area contributed by atoms with E-state index in [9.17, 15) is 0 Å². The van der Waals surface area contributed by atoms with Gasteiger partial charge in [0, 0.05) is 38.6 Å². The van der Waals surface area contributed by atoms with Crippen molar-refractivity contribution in [3.63, 3.8) is 0 Å². The average Bonchev–Trinajstić information content (AvgIpc) is 2.41. The van der Waals surface area contributed by atoms with E-state index in [1.165, 1.54) is 18.4 Å². The molecule has 1 saturated heterocycles. The van der Waals surface area contributed by atoms with Crippen LogP contribution in [0.25, 0.3) is 0 Å². The van der Waals surface area contributed by atoms with Crippen molar-refractivity contribution < 1.29 is 9.84 Å². The Labute approximate surface area is 109 Å². The van der Waals surface area contributed by atoms with E-state index < -0.39 is 0 Å². The first-order valence-electron chi connectivity index (χ1n) is 6.72. The van der Waals surface area contributed by atoms with Gasteiger partial charge in [-0.15, -0.1) is 0 Å². The van der Waals surface area contributed by atoms with Gasteiger partial charge >= 0.3 is 0 Å². The van der Waals surface area contributed by atoms with Crippen molar-refractivity contribution in [1.29, 1.82) is 0 Å². The standard InChI is InChI=1S/C14H22N2O2/c17-8-7-16(11-13-4-3-6-15-10-13)12-14-5-1-2-9-18-14/h3-4,6,10,14,17H,1-2,5,7-9,11-12H2. The Bertz CT molecular complexity index is 326. The van der Waals surface area contributed by atoms with Crippen molar-refractivity contribution in [2.45, 2.75) is 31.9 Å². The van der Waals surface area contributed by atoms with Gasteiger partial charge in [-0.3, -0.25) is 9.88 Å². The molecule has 4 heteroatoms. The zero-order chi connectivity index (χ0) is 12.6. The molecular weight excluding hydrogens is 228 g/mol. The van der Waals surface area contributed by atoms with Crippen molar-refractivity contribution in [2.75, 3.05) is 26.3 Å². The normalized spacial score (nSPS) is 20.2. The summed E-state index contributed by atoms with van der Waals surface area (Å²) in [6, 6.07) is 4.02. The van der Waals surface area contributed by atoms with Crippen molar-refractivity contribution in [3.8, 4) is 0 Å². The van der Waals surface area contributed by atoms with Gasteiger partial charge in [0.25, 0.3) is 0 Å². The Balaban J connectivity index is 1.86. The summed E-state index contributed by atoms with van der Waals surface area (Å²) < 4.78 is 5.75. The highest BCUT2D eigenvalue weighted by atomic mass is 16.5. The van der Waals surface area contributed by atoms with E-state index in [4.69, 9.17) is 9.84 Å². The monoisotopic (exact) mass is 250 g/mol. The van der Waals surface area contributed by atoms with Crippen molar-refractivity contribution in [1.82, 2.24) is 9.88 Å². The molecule has 0 aromatic carbocycles. The van der Waals surface area contributed by atoms with Crippen LogP contribution in [0.2, 0.25) is 0 Å². The molecule has 4 nitrogen and oxygen atoms in total. The first-order chi connectivity index (χ1) is 8.88. The molecule has 1 N–H and O–H groups in total. The van der Waals surface area contributed by atoms with E-state index in [-0.39, 0.29) is 6.61 Å². The van der Waals surface area contributed by atoms with Gasteiger partial charge < -0.3 is 9.84 Å². The summed E-state index contributed by atoms with van der Waals surface area (Å²) in [5.41, 5.74) is 1.18. The summed E-state index contributed by atoms with van der Waals surface area (Å²) in [6.45, 7) is 3.48. The number of aliphatic hydroxyl groups is 1. The molecule has 1 aromatic heterocycles. The topological polar surface area (TPSA) is 45.6 Å². The maximum Gasteiger partial charge on any atom is 0.0702 e. The summed E-state index contributed by atoms with van der Waals surface area (Å²) >= 11 is 0. The molecular formula is C14H22N2O2. The molecule has 0 spiro atoms. The SMILES string of the molecule is OCCN(Cc1cccnc1)CC1CCCCO1. The Kier molecular flexibility index (Phi) is 5.58. The van der Waals surface area contributed by atoms with Crippen LogP contribution in [0.5, 0.6) is 0 Å². The van der Waals surface area contributed by atoms with Crippen molar-refractivity contribution in [2.24, 2.45) is 0 Å². The van der Waals surface area contributed by atoms with E-state index in [0.717, 1.165) is 26.1 Å². The lowest BCUT2D eigenvalue weighted by molar-refractivity contribution is -0.00950. The fraction of sp³-hybridized carbons (Fsp3) is 0.643. The fourth-order valence-electron chi connectivity index (χ4n) is 2.37. The molecule has 1 aliphatic rings. The molecule has 1 aliphatic heterocycles. The summed E-state index contributed by atoms with van der Waals surface area (Å²) in [5, 5.41) is 9.15. The van der Waals surface area contributed by atoms with Crippen LogP contribution in [0.3, 0.4) is 0 Å². The predicted molar refractivity (Wildman–Crippen MR) is 70.2 cm³/mol. The summed E-state index contributed by atoms with van der Waals surface area (Å²) in [5.74, 6) is 0. The summed E-state index contributed by atoms with van der Waals surface area (Å²) in [4.78, 5) is 6.37. The number of rotatable bonds is 6. The second-order valence-electron chi connectivity index (χ2n) is 4.81. The van der Waals surface area contributed by atoms with Crippen LogP contribution < -0.4 is 0 Å². The highest BCUT2D eigenvalue weighted by Gasteiger charge is 2.17. The van der Waals surface area contributed by atoms with Gasteiger partial charge in [-0.1, -0.05) is 6.07 Å². The number of aromatic nitrogens is 1. The maximum absolute atomic E-state index is 9.15. The zero-order valence-corrected chi connectivity index (χ0v) is 10.8. The third-order valence-electron chi connectivity index (χ3n) is 3.28. The number of aliphatic hydroxyl groups excluding tert-OH is 1. The Morgan fingerprint density at radius 3 is 3.06 bits per heavy atom. The van der Waals surface area contributed by atoms with Crippen LogP contribution in [0.4, 0.5) is 0 Å². The first-order valence-corrected chi connectivity index (χ1v) is 6.72. The lowest BCUT2D eigenvalue weighted by atomic mass is 10.1. The van der Waals surface area contributed by atoms with Crippen LogP contribution in [-0.2, 0) is 11.3 Å². The summed E-state index contributed by atoms with van der Waals surface area (Å²) in [7, 11) is 0. The predicted octanol–water partition coefficient (Wildman–Crippen LogP) is 1.44. The molecule has 2 heterocycles. The van der Waals surface area contributed by atoms with Gasteiger partial charge in [0.15, 0.2) is 0 Å². The minimum absolute atomic E-state index is 0.187. The number of hydrogen-bond acceptors (Lipinski definition) is 4. The second-order valence-corrected chi connectivity index (χ2v) is 4.81. The third-order valence-corrected chi connectivity index (χ3v) is 3.28. The van der Waals surface area contributed by atoms with Crippen LogP contribution in [0, 0.1) is 0 Å². The minimum Gasteiger partial charge on any atom is -0.395 e. The molecule has 0 saturated carbocycles. The largest absolute Gasteiger partial charge is 0.395 e. The van der Waals surface area contributed by atoms with Crippen LogP contribution in [-0.4, -0.2) is 47.4 Å². The molecule has 1 fully saturated rings. The number of ether oxygens (including phenoxy) is 1. The molecule has 2 rings (SSSR count). The van der Waals surface area contributed by atoms with E-state index in [2.05, 4.69) is 16.0 Å². The smallest absolute Gasteiger partial charge is 0.0702 e. The van der Waals surface area contributed by atoms with E-state index in [1.807, 2.05) is 12.3 Å². The van der Waals surface area contributed by atoms with Gasteiger partial charge in [-0.05, 0) is 30.9 Å². The quantitative estimate of drug-likeness (QED) is 0.830. The second kappa shape index (κ2) is 7.46. The molecule has 1 atom stereocenters. The molecule has 0 amide bonds.